The lowest BCUT2D eigenvalue weighted by Crippen LogP contribution is -2.44. The molecule has 1 saturated carbocycles. The summed E-state index contributed by atoms with van der Waals surface area (Å²) in [5.41, 5.74) is 0.824. The summed E-state index contributed by atoms with van der Waals surface area (Å²) in [6.07, 6.45) is 4.71. The Labute approximate surface area is 210 Å². The highest BCUT2D eigenvalue weighted by molar-refractivity contribution is 9.10. The molecule has 186 valence electrons. The van der Waals surface area contributed by atoms with Gasteiger partial charge in [-0.25, -0.2) is 18.6 Å². The van der Waals surface area contributed by atoms with Crippen LogP contribution in [0.3, 0.4) is 0 Å². The van der Waals surface area contributed by atoms with Crippen LogP contribution < -0.4 is 5.32 Å². The van der Waals surface area contributed by atoms with Crippen molar-refractivity contribution in [1.82, 2.24) is 15.2 Å². The fourth-order valence-electron chi connectivity index (χ4n) is 4.23. The van der Waals surface area contributed by atoms with Gasteiger partial charge in [0, 0.05) is 37.2 Å². The maximum absolute atomic E-state index is 14.1. The van der Waals surface area contributed by atoms with E-state index in [-0.39, 0.29) is 43.4 Å². The van der Waals surface area contributed by atoms with Crippen LogP contribution in [0.25, 0.3) is 0 Å². The average molecular weight is 550 g/mol. The fourth-order valence-corrected chi connectivity index (χ4v) is 4.64. The SMILES string of the molecule is O=C(C[C@@H]1CCC(=O)N1Cc1cccc(F)c1F)N[C@@H](CC1CC1)C(=O)OCc1ccnc(Br)c1. The molecule has 1 aromatic carbocycles. The van der Waals surface area contributed by atoms with Crippen molar-refractivity contribution in [3.05, 3.63) is 63.9 Å². The van der Waals surface area contributed by atoms with Gasteiger partial charge in [-0.3, -0.25) is 9.59 Å². The Bertz CT molecular complexity index is 1110. The number of halogens is 3. The highest BCUT2D eigenvalue weighted by Crippen LogP contribution is 2.34. The van der Waals surface area contributed by atoms with E-state index in [1.54, 1.807) is 18.3 Å². The lowest BCUT2D eigenvalue weighted by Gasteiger charge is -2.26. The first kappa shape index (κ1) is 25.2. The third-order valence-corrected chi connectivity index (χ3v) is 6.74. The summed E-state index contributed by atoms with van der Waals surface area (Å²) in [6.45, 7) is -0.0590. The van der Waals surface area contributed by atoms with Gasteiger partial charge in [0.05, 0.1) is 0 Å². The molecule has 1 aliphatic heterocycles. The van der Waals surface area contributed by atoms with E-state index in [0.29, 0.717) is 23.4 Å². The Morgan fingerprint density at radius 1 is 1.23 bits per heavy atom. The molecule has 1 aromatic heterocycles. The number of aromatic nitrogens is 1. The second-order valence-electron chi connectivity index (χ2n) is 9.02. The number of hydrogen-bond acceptors (Lipinski definition) is 5. The summed E-state index contributed by atoms with van der Waals surface area (Å²) >= 11 is 3.27. The largest absolute Gasteiger partial charge is 0.459 e. The standard InChI is InChI=1S/C25H26BrF2N3O4/c26-21-11-16(8-9-29-21)14-35-25(34)20(10-15-4-5-15)30-22(32)12-18-6-7-23(33)31(18)13-17-2-1-3-19(27)24(17)28/h1-3,8-9,11,15,18,20H,4-7,10,12-14H2,(H,30,32)/t18-,20-/m0/s1. The Morgan fingerprint density at radius 3 is 2.77 bits per heavy atom. The van der Waals surface area contributed by atoms with Gasteiger partial charge in [-0.2, -0.15) is 0 Å². The summed E-state index contributed by atoms with van der Waals surface area (Å²) < 4.78 is 33.8. The molecule has 2 amide bonds. The smallest absolute Gasteiger partial charge is 0.328 e. The highest BCUT2D eigenvalue weighted by atomic mass is 79.9. The third kappa shape index (κ3) is 6.84. The molecule has 0 unspecified atom stereocenters. The first-order valence-electron chi connectivity index (χ1n) is 11.6. The summed E-state index contributed by atoms with van der Waals surface area (Å²) in [6, 6.07) is 6.05. The normalized spacial score (nSPS) is 18.4. The number of hydrogen-bond donors (Lipinski definition) is 1. The second kappa shape index (κ2) is 11.2. The molecule has 0 bridgehead atoms. The zero-order valence-corrected chi connectivity index (χ0v) is 20.6. The van der Waals surface area contributed by atoms with Crippen LogP contribution in [0.5, 0.6) is 0 Å². The monoisotopic (exact) mass is 549 g/mol. The number of amides is 2. The molecule has 1 N–H and O–H groups in total. The first-order chi connectivity index (χ1) is 16.8. The molecule has 2 heterocycles. The average Bonchev–Trinajstić information content (AvgIpc) is 3.58. The minimum atomic E-state index is -0.996. The van der Waals surface area contributed by atoms with E-state index in [0.717, 1.165) is 24.5 Å². The van der Waals surface area contributed by atoms with Crippen molar-refractivity contribution >= 4 is 33.7 Å². The quantitative estimate of drug-likeness (QED) is 0.357. The molecule has 7 nitrogen and oxygen atoms in total. The van der Waals surface area contributed by atoms with Gasteiger partial charge in [0.2, 0.25) is 11.8 Å². The molecule has 4 rings (SSSR count). The first-order valence-corrected chi connectivity index (χ1v) is 12.4. The summed E-state index contributed by atoms with van der Waals surface area (Å²) in [4.78, 5) is 43.5. The minimum absolute atomic E-state index is 0.0333. The van der Waals surface area contributed by atoms with Crippen molar-refractivity contribution < 1.29 is 27.9 Å². The zero-order valence-electron chi connectivity index (χ0n) is 19.0. The molecule has 35 heavy (non-hydrogen) atoms. The van der Waals surface area contributed by atoms with Crippen LogP contribution in [0.4, 0.5) is 8.78 Å². The van der Waals surface area contributed by atoms with E-state index in [1.807, 2.05) is 0 Å². The van der Waals surface area contributed by atoms with E-state index in [4.69, 9.17) is 4.74 Å². The molecular weight excluding hydrogens is 524 g/mol. The molecule has 2 aromatic rings. The Balaban J connectivity index is 1.36. The van der Waals surface area contributed by atoms with Gasteiger partial charge in [-0.05, 0) is 58.5 Å². The summed E-state index contributed by atoms with van der Waals surface area (Å²) in [7, 11) is 0. The predicted octanol–water partition coefficient (Wildman–Crippen LogP) is 4.03. The predicted molar refractivity (Wildman–Crippen MR) is 126 cm³/mol. The van der Waals surface area contributed by atoms with E-state index in [1.165, 1.54) is 17.0 Å². The van der Waals surface area contributed by atoms with Gasteiger partial charge in [-0.1, -0.05) is 25.0 Å². The van der Waals surface area contributed by atoms with Crippen molar-refractivity contribution in [3.8, 4) is 0 Å². The van der Waals surface area contributed by atoms with E-state index >= 15 is 0 Å². The number of nitrogens with zero attached hydrogens (tertiary/aromatic N) is 2. The van der Waals surface area contributed by atoms with Crippen LogP contribution in [0.15, 0.2) is 41.1 Å². The minimum Gasteiger partial charge on any atom is -0.459 e. The van der Waals surface area contributed by atoms with Crippen LogP contribution in [0, 0.1) is 17.6 Å². The van der Waals surface area contributed by atoms with Gasteiger partial charge in [-0.15, -0.1) is 0 Å². The lowest BCUT2D eigenvalue weighted by atomic mass is 10.1. The number of pyridine rings is 1. The third-order valence-electron chi connectivity index (χ3n) is 6.30. The van der Waals surface area contributed by atoms with Gasteiger partial charge in [0.25, 0.3) is 0 Å². The van der Waals surface area contributed by atoms with Crippen LogP contribution in [0.2, 0.25) is 0 Å². The van der Waals surface area contributed by atoms with Crippen molar-refractivity contribution in [2.24, 2.45) is 5.92 Å². The molecular formula is C25H26BrF2N3O4. The van der Waals surface area contributed by atoms with Crippen molar-refractivity contribution in [3.63, 3.8) is 0 Å². The maximum atomic E-state index is 14.1. The fraction of sp³-hybridized carbons (Fsp3) is 0.440. The van der Waals surface area contributed by atoms with E-state index in [9.17, 15) is 23.2 Å². The van der Waals surface area contributed by atoms with Gasteiger partial charge in [0.1, 0.15) is 17.3 Å². The zero-order chi connectivity index (χ0) is 24.9. The summed E-state index contributed by atoms with van der Waals surface area (Å²) in [5.74, 6) is -2.73. The maximum Gasteiger partial charge on any atom is 0.328 e. The molecule has 2 aliphatic rings. The van der Waals surface area contributed by atoms with Crippen LogP contribution in [-0.4, -0.2) is 39.8 Å². The number of carbonyl (C=O) groups is 3. The number of carbonyl (C=O) groups excluding carboxylic acids is 3. The summed E-state index contributed by atoms with van der Waals surface area (Å²) in [5, 5.41) is 2.78. The topological polar surface area (TPSA) is 88.6 Å². The van der Waals surface area contributed by atoms with Crippen LogP contribution >= 0.6 is 15.9 Å². The van der Waals surface area contributed by atoms with Gasteiger partial charge in [0.15, 0.2) is 11.6 Å². The molecule has 10 heteroatoms. The van der Waals surface area contributed by atoms with Crippen molar-refractivity contribution in [2.75, 3.05) is 0 Å². The van der Waals surface area contributed by atoms with Gasteiger partial charge < -0.3 is 15.0 Å². The van der Waals surface area contributed by atoms with E-state index in [2.05, 4.69) is 26.2 Å². The van der Waals surface area contributed by atoms with Crippen molar-refractivity contribution in [2.45, 2.75) is 63.8 Å². The lowest BCUT2D eigenvalue weighted by molar-refractivity contribution is -0.149. The second-order valence-corrected chi connectivity index (χ2v) is 9.84. The van der Waals surface area contributed by atoms with Crippen molar-refractivity contribution in [1.29, 1.82) is 0 Å². The molecule has 2 atom stereocenters. The molecule has 0 radical (unpaired) electrons. The van der Waals surface area contributed by atoms with Crippen LogP contribution in [0.1, 0.15) is 49.7 Å². The Kier molecular flexibility index (Phi) is 8.10. The number of rotatable bonds is 10. The molecule has 0 spiro atoms. The molecule has 2 fully saturated rings. The number of esters is 1. The number of likely N-dealkylation sites (tertiary alicyclic amines) is 1. The Hall–Kier alpha value is -2.88. The van der Waals surface area contributed by atoms with Gasteiger partial charge >= 0.3 is 5.97 Å². The number of nitrogens with one attached hydrogen (secondary N) is 1. The van der Waals surface area contributed by atoms with E-state index < -0.39 is 29.7 Å². The molecule has 1 aliphatic carbocycles. The highest BCUT2D eigenvalue weighted by Gasteiger charge is 2.35. The Morgan fingerprint density at radius 2 is 2.03 bits per heavy atom. The number of ether oxygens (including phenoxy) is 1. The molecule has 1 saturated heterocycles. The number of benzene rings is 1. The van der Waals surface area contributed by atoms with Crippen LogP contribution in [-0.2, 0) is 32.3 Å².